The maximum absolute atomic E-state index is 12.1. The fourth-order valence-corrected chi connectivity index (χ4v) is 2.48. The highest BCUT2D eigenvalue weighted by Crippen LogP contribution is 2.16. The number of nitrogens with one attached hydrogen (secondary N) is 1. The highest BCUT2D eigenvalue weighted by Gasteiger charge is 2.07. The first-order chi connectivity index (χ1) is 12.5. The number of amides is 1. The van der Waals surface area contributed by atoms with Gasteiger partial charge in [-0.25, -0.2) is 5.43 Å². The Labute approximate surface area is 149 Å². The van der Waals surface area contributed by atoms with Crippen LogP contribution in [-0.2, 0) is 0 Å². The Bertz CT molecular complexity index is 974. The van der Waals surface area contributed by atoms with Gasteiger partial charge in [0.2, 0.25) is 0 Å². The number of nitro groups is 1. The van der Waals surface area contributed by atoms with Crippen molar-refractivity contribution in [3.8, 4) is 5.69 Å². The molecule has 0 atom stereocenters. The summed E-state index contributed by atoms with van der Waals surface area (Å²) >= 11 is 0. The van der Waals surface area contributed by atoms with Gasteiger partial charge in [0.15, 0.2) is 0 Å². The Morgan fingerprint density at radius 2 is 1.92 bits per heavy atom. The standard InChI is InChI=1S/C19H16N4O3/c1-14-4-2-5-15(12-14)19(24)21-20-13-18-6-3-11-22(18)16-7-9-17(10-8-16)23(25)26/h2-13H,1H3,(H,21,24)/b20-13-. The third-order valence-corrected chi connectivity index (χ3v) is 3.76. The molecule has 1 amide bonds. The zero-order valence-electron chi connectivity index (χ0n) is 14.0. The minimum absolute atomic E-state index is 0.0292. The van der Waals surface area contributed by atoms with Crippen LogP contribution in [0.15, 0.2) is 72.0 Å². The summed E-state index contributed by atoms with van der Waals surface area (Å²) in [6.07, 6.45) is 3.33. The van der Waals surface area contributed by atoms with Gasteiger partial charge in [-0.1, -0.05) is 17.7 Å². The van der Waals surface area contributed by atoms with Gasteiger partial charge in [0.25, 0.3) is 11.6 Å². The van der Waals surface area contributed by atoms with Crippen molar-refractivity contribution in [2.45, 2.75) is 6.92 Å². The fraction of sp³-hybridized carbons (Fsp3) is 0.0526. The number of aromatic nitrogens is 1. The van der Waals surface area contributed by atoms with E-state index in [0.717, 1.165) is 16.9 Å². The molecule has 2 aromatic carbocycles. The van der Waals surface area contributed by atoms with Crippen molar-refractivity contribution < 1.29 is 9.72 Å². The number of aryl methyl sites for hydroxylation is 1. The lowest BCUT2D eigenvalue weighted by Crippen LogP contribution is -2.17. The van der Waals surface area contributed by atoms with E-state index in [2.05, 4.69) is 10.5 Å². The molecule has 0 aliphatic rings. The number of non-ortho nitro benzene ring substituents is 1. The zero-order valence-corrected chi connectivity index (χ0v) is 14.0. The van der Waals surface area contributed by atoms with Crippen LogP contribution < -0.4 is 5.43 Å². The number of benzene rings is 2. The molecule has 3 aromatic rings. The van der Waals surface area contributed by atoms with E-state index in [-0.39, 0.29) is 11.6 Å². The summed E-state index contributed by atoms with van der Waals surface area (Å²) < 4.78 is 1.81. The van der Waals surface area contributed by atoms with Crippen LogP contribution >= 0.6 is 0 Å². The summed E-state index contributed by atoms with van der Waals surface area (Å²) in [6.45, 7) is 1.91. The van der Waals surface area contributed by atoms with Crippen LogP contribution in [-0.4, -0.2) is 21.6 Å². The largest absolute Gasteiger partial charge is 0.316 e. The number of nitro benzene ring substituents is 1. The molecule has 3 rings (SSSR count). The summed E-state index contributed by atoms with van der Waals surface area (Å²) in [5, 5.41) is 14.7. The molecule has 0 unspecified atom stereocenters. The van der Waals surface area contributed by atoms with Crippen molar-refractivity contribution in [3.05, 3.63) is 93.8 Å². The van der Waals surface area contributed by atoms with Gasteiger partial charge in [-0.05, 0) is 43.3 Å². The number of carbonyl (C=O) groups is 1. The third kappa shape index (κ3) is 3.84. The van der Waals surface area contributed by atoms with Crippen molar-refractivity contribution in [1.29, 1.82) is 0 Å². The SMILES string of the molecule is Cc1cccc(C(=O)N/N=C\c2cccn2-c2ccc([N+](=O)[O-])cc2)c1. The molecule has 1 heterocycles. The molecule has 7 nitrogen and oxygen atoms in total. The topological polar surface area (TPSA) is 89.5 Å². The number of carbonyl (C=O) groups excluding carboxylic acids is 1. The van der Waals surface area contributed by atoms with E-state index in [0.29, 0.717) is 5.56 Å². The van der Waals surface area contributed by atoms with Crippen LogP contribution in [0.1, 0.15) is 21.6 Å². The molecule has 0 aliphatic heterocycles. The number of rotatable bonds is 5. The molecule has 0 spiro atoms. The monoisotopic (exact) mass is 348 g/mol. The maximum atomic E-state index is 12.1. The molecule has 1 N–H and O–H groups in total. The second-order valence-corrected chi connectivity index (χ2v) is 5.65. The lowest BCUT2D eigenvalue weighted by Gasteiger charge is -2.06. The van der Waals surface area contributed by atoms with Gasteiger partial charge in [0.05, 0.1) is 16.8 Å². The van der Waals surface area contributed by atoms with Gasteiger partial charge in [-0.2, -0.15) is 5.10 Å². The predicted octanol–water partition coefficient (Wildman–Crippen LogP) is 3.46. The average Bonchev–Trinajstić information content (AvgIpc) is 3.10. The van der Waals surface area contributed by atoms with Gasteiger partial charge < -0.3 is 4.57 Å². The molecule has 0 radical (unpaired) electrons. The smallest absolute Gasteiger partial charge is 0.271 e. The lowest BCUT2D eigenvalue weighted by atomic mass is 10.1. The molecule has 0 bridgehead atoms. The Morgan fingerprint density at radius 3 is 2.62 bits per heavy atom. The highest BCUT2D eigenvalue weighted by atomic mass is 16.6. The summed E-state index contributed by atoms with van der Waals surface area (Å²) in [6, 6.07) is 17.1. The van der Waals surface area contributed by atoms with Crippen molar-refractivity contribution in [3.63, 3.8) is 0 Å². The second kappa shape index (κ2) is 7.43. The first-order valence-electron chi connectivity index (χ1n) is 7.87. The van der Waals surface area contributed by atoms with Gasteiger partial charge in [-0.3, -0.25) is 14.9 Å². The van der Waals surface area contributed by atoms with E-state index in [1.54, 1.807) is 24.3 Å². The minimum atomic E-state index is -0.442. The van der Waals surface area contributed by atoms with Crippen LogP contribution in [0.3, 0.4) is 0 Å². The van der Waals surface area contributed by atoms with Crippen molar-refractivity contribution in [1.82, 2.24) is 9.99 Å². The van der Waals surface area contributed by atoms with Crippen molar-refractivity contribution >= 4 is 17.8 Å². The van der Waals surface area contributed by atoms with Gasteiger partial charge >= 0.3 is 0 Å². The van der Waals surface area contributed by atoms with Crippen molar-refractivity contribution in [2.75, 3.05) is 0 Å². The van der Waals surface area contributed by atoms with E-state index in [1.165, 1.54) is 18.3 Å². The van der Waals surface area contributed by atoms with E-state index in [1.807, 2.05) is 42.0 Å². The van der Waals surface area contributed by atoms with Crippen LogP contribution in [0.5, 0.6) is 0 Å². The van der Waals surface area contributed by atoms with Crippen LogP contribution in [0.25, 0.3) is 5.69 Å². The van der Waals surface area contributed by atoms with Gasteiger partial charge in [-0.15, -0.1) is 0 Å². The third-order valence-electron chi connectivity index (χ3n) is 3.76. The Kier molecular flexibility index (Phi) is 4.89. The first-order valence-corrected chi connectivity index (χ1v) is 7.87. The first kappa shape index (κ1) is 17.1. The highest BCUT2D eigenvalue weighted by molar-refractivity contribution is 5.95. The molecule has 0 saturated heterocycles. The molecule has 7 heteroatoms. The molecule has 0 aliphatic carbocycles. The molecular weight excluding hydrogens is 332 g/mol. The zero-order chi connectivity index (χ0) is 18.5. The van der Waals surface area contributed by atoms with E-state index in [9.17, 15) is 14.9 Å². The van der Waals surface area contributed by atoms with Crippen LogP contribution in [0, 0.1) is 17.0 Å². The molecule has 26 heavy (non-hydrogen) atoms. The summed E-state index contributed by atoms with van der Waals surface area (Å²) in [4.78, 5) is 22.4. The molecule has 130 valence electrons. The van der Waals surface area contributed by atoms with Crippen LogP contribution in [0.2, 0.25) is 0 Å². The molecular formula is C19H16N4O3. The molecule has 1 aromatic heterocycles. The minimum Gasteiger partial charge on any atom is -0.316 e. The van der Waals surface area contributed by atoms with Gasteiger partial charge in [0, 0.05) is 29.6 Å². The normalized spacial score (nSPS) is 10.8. The Morgan fingerprint density at radius 1 is 1.15 bits per heavy atom. The number of nitrogens with zero attached hydrogens (tertiary/aromatic N) is 3. The lowest BCUT2D eigenvalue weighted by molar-refractivity contribution is -0.384. The van der Waals surface area contributed by atoms with E-state index >= 15 is 0 Å². The van der Waals surface area contributed by atoms with Gasteiger partial charge in [0.1, 0.15) is 0 Å². The molecule has 0 fully saturated rings. The van der Waals surface area contributed by atoms with E-state index in [4.69, 9.17) is 0 Å². The van der Waals surface area contributed by atoms with Crippen LogP contribution in [0.4, 0.5) is 5.69 Å². The predicted molar refractivity (Wildman–Crippen MR) is 98.7 cm³/mol. The second-order valence-electron chi connectivity index (χ2n) is 5.65. The Hall–Kier alpha value is -3.74. The quantitative estimate of drug-likeness (QED) is 0.435. The number of hydrogen-bond donors (Lipinski definition) is 1. The van der Waals surface area contributed by atoms with Crippen molar-refractivity contribution in [2.24, 2.45) is 5.10 Å². The fourth-order valence-electron chi connectivity index (χ4n) is 2.48. The van der Waals surface area contributed by atoms with E-state index < -0.39 is 4.92 Å². The summed E-state index contributed by atoms with van der Waals surface area (Å²) in [7, 11) is 0. The molecule has 0 saturated carbocycles. The Balaban J connectivity index is 1.73. The summed E-state index contributed by atoms with van der Waals surface area (Å²) in [5.74, 6) is -0.293. The number of hydrogen-bond acceptors (Lipinski definition) is 4. The summed E-state index contributed by atoms with van der Waals surface area (Å²) in [5.41, 5.74) is 5.54. The number of hydrazone groups is 1. The maximum Gasteiger partial charge on any atom is 0.271 e. The average molecular weight is 348 g/mol.